The van der Waals surface area contributed by atoms with Crippen LogP contribution >= 0.6 is 75.3 Å². The van der Waals surface area contributed by atoms with Gasteiger partial charge < -0.3 is 9.47 Å². The fraction of sp³-hybridized carbons (Fsp3) is 0. The molecule has 0 bridgehead atoms. The first-order valence-corrected chi connectivity index (χ1v) is 8.54. The van der Waals surface area contributed by atoms with Gasteiger partial charge in [0.25, 0.3) is 0 Å². The largest absolute Gasteiger partial charge is 0.449 e. The van der Waals surface area contributed by atoms with Gasteiger partial charge >= 0.3 is 0 Å². The number of ether oxygens (including phenoxy) is 2. The van der Waals surface area contributed by atoms with Crippen LogP contribution in [0.2, 0.25) is 5.02 Å². The van der Waals surface area contributed by atoms with E-state index in [2.05, 4.69) is 63.7 Å². The topological polar surface area (TPSA) is 18.5 Å². The highest BCUT2D eigenvalue weighted by atomic mass is 79.9. The van der Waals surface area contributed by atoms with Gasteiger partial charge in [0.05, 0.1) is 9.50 Å². The van der Waals surface area contributed by atoms with Crippen LogP contribution in [0.1, 0.15) is 0 Å². The second-order valence-electron chi connectivity index (χ2n) is 3.73. The Bertz CT molecular complexity index is 703. The Kier molecular flexibility index (Phi) is 3.90. The van der Waals surface area contributed by atoms with Gasteiger partial charge in [-0.25, -0.2) is 0 Å². The van der Waals surface area contributed by atoms with Crippen molar-refractivity contribution >= 4 is 75.3 Å². The van der Waals surface area contributed by atoms with Gasteiger partial charge in [-0.2, -0.15) is 0 Å². The third kappa shape index (κ3) is 2.46. The van der Waals surface area contributed by atoms with Crippen molar-refractivity contribution in [2.75, 3.05) is 0 Å². The lowest BCUT2D eigenvalue weighted by atomic mass is 10.2. The van der Waals surface area contributed by atoms with E-state index in [9.17, 15) is 0 Å². The van der Waals surface area contributed by atoms with Crippen LogP contribution in [0, 0.1) is 0 Å². The third-order valence-corrected chi connectivity index (χ3v) is 6.97. The zero-order chi connectivity index (χ0) is 13.7. The zero-order valence-corrected chi connectivity index (χ0v) is 16.0. The van der Waals surface area contributed by atoms with Gasteiger partial charge in [0.2, 0.25) is 0 Å². The third-order valence-electron chi connectivity index (χ3n) is 2.50. The Morgan fingerprint density at radius 2 is 1.37 bits per heavy atom. The maximum Gasteiger partial charge on any atom is 0.185 e. The molecule has 3 rings (SSSR count). The van der Waals surface area contributed by atoms with Crippen LogP contribution in [0.5, 0.6) is 23.0 Å². The minimum Gasteiger partial charge on any atom is -0.449 e. The summed E-state index contributed by atoms with van der Waals surface area (Å²) in [5.41, 5.74) is 0. The van der Waals surface area contributed by atoms with Crippen LogP contribution in [0.4, 0.5) is 0 Å². The summed E-state index contributed by atoms with van der Waals surface area (Å²) >= 11 is 19.8. The Morgan fingerprint density at radius 3 is 2.11 bits per heavy atom. The van der Waals surface area contributed by atoms with Crippen LogP contribution < -0.4 is 9.47 Å². The maximum atomic E-state index is 6.06. The highest BCUT2D eigenvalue weighted by Crippen LogP contribution is 2.53. The van der Waals surface area contributed by atoms with Crippen LogP contribution in [-0.4, -0.2) is 0 Å². The van der Waals surface area contributed by atoms with Gasteiger partial charge in [0, 0.05) is 31.6 Å². The number of fused-ring (bicyclic) bond motifs is 2. The summed E-state index contributed by atoms with van der Waals surface area (Å²) in [6.07, 6.45) is 0. The summed E-state index contributed by atoms with van der Waals surface area (Å²) in [5, 5.41) is 0.568. The summed E-state index contributed by atoms with van der Waals surface area (Å²) in [6, 6.07) is 5.34. The minimum absolute atomic E-state index is 0.568. The first kappa shape index (κ1) is 14.2. The number of rotatable bonds is 0. The van der Waals surface area contributed by atoms with Gasteiger partial charge in [-0.3, -0.25) is 0 Å². The molecule has 0 saturated carbocycles. The van der Waals surface area contributed by atoms with Crippen molar-refractivity contribution in [1.29, 1.82) is 0 Å². The zero-order valence-electron chi connectivity index (χ0n) is 8.94. The first-order valence-electron chi connectivity index (χ1n) is 4.99. The average Bonchev–Trinajstić information content (AvgIpc) is 2.37. The van der Waals surface area contributed by atoms with Crippen molar-refractivity contribution in [2.45, 2.75) is 0 Å². The van der Waals surface area contributed by atoms with E-state index in [1.807, 2.05) is 6.07 Å². The van der Waals surface area contributed by atoms with Crippen molar-refractivity contribution in [1.82, 2.24) is 0 Å². The predicted molar refractivity (Wildman–Crippen MR) is 88.8 cm³/mol. The Labute approximate surface area is 147 Å². The molecule has 0 unspecified atom stereocenters. The molecule has 1 heterocycles. The maximum absolute atomic E-state index is 6.06. The quantitative estimate of drug-likeness (QED) is 0.282. The van der Waals surface area contributed by atoms with E-state index in [0.717, 1.165) is 17.9 Å². The van der Waals surface area contributed by atoms with Crippen molar-refractivity contribution in [3.05, 3.63) is 41.1 Å². The first-order chi connectivity index (χ1) is 8.97. The molecule has 19 heavy (non-hydrogen) atoms. The molecule has 98 valence electrons. The lowest BCUT2D eigenvalue weighted by Crippen LogP contribution is -2.00. The molecular weight excluding hydrogens is 531 g/mol. The Balaban J connectivity index is 2.17. The number of benzene rings is 2. The molecule has 0 radical (unpaired) electrons. The van der Waals surface area contributed by atoms with E-state index in [-0.39, 0.29) is 0 Å². The highest BCUT2D eigenvalue weighted by Gasteiger charge is 2.25. The molecule has 1 aliphatic heterocycles. The summed E-state index contributed by atoms with van der Waals surface area (Å²) in [4.78, 5) is 0. The molecule has 2 aromatic rings. The van der Waals surface area contributed by atoms with E-state index in [0.29, 0.717) is 28.0 Å². The van der Waals surface area contributed by atoms with Crippen LogP contribution in [0.15, 0.2) is 36.1 Å². The molecule has 0 fully saturated rings. The second kappa shape index (κ2) is 5.22. The van der Waals surface area contributed by atoms with Gasteiger partial charge in [-0.1, -0.05) is 11.6 Å². The monoisotopic (exact) mass is 530 g/mol. The fourth-order valence-electron chi connectivity index (χ4n) is 1.63. The summed E-state index contributed by atoms with van der Waals surface area (Å²) in [6.45, 7) is 0. The highest BCUT2D eigenvalue weighted by molar-refractivity contribution is 9.14. The molecule has 0 N–H and O–H groups in total. The van der Waals surface area contributed by atoms with E-state index in [1.54, 1.807) is 12.1 Å². The van der Waals surface area contributed by atoms with Crippen molar-refractivity contribution in [2.24, 2.45) is 0 Å². The van der Waals surface area contributed by atoms with Gasteiger partial charge in [0.15, 0.2) is 23.0 Å². The van der Waals surface area contributed by atoms with Crippen LogP contribution in [-0.2, 0) is 0 Å². The normalized spacial score (nSPS) is 12.3. The molecule has 0 aliphatic carbocycles. The summed E-state index contributed by atoms with van der Waals surface area (Å²) < 4.78 is 15.0. The number of hydrogen-bond donors (Lipinski definition) is 0. The van der Waals surface area contributed by atoms with Crippen molar-refractivity contribution < 1.29 is 9.47 Å². The molecule has 2 aromatic carbocycles. The average molecular weight is 534 g/mol. The van der Waals surface area contributed by atoms with E-state index < -0.39 is 0 Å². The molecule has 7 heteroatoms. The second-order valence-corrected chi connectivity index (χ2v) is 7.43. The van der Waals surface area contributed by atoms with Crippen LogP contribution in [0.25, 0.3) is 0 Å². The Hall–Kier alpha value is 0.250. The van der Waals surface area contributed by atoms with E-state index in [1.165, 1.54) is 0 Å². The van der Waals surface area contributed by atoms with Gasteiger partial charge in [0.1, 0.15) is 0 Å². The molecule has 0 aromatic heterocycles. The molecule has 0 atom stereocenters. The molecule has 2 nitrogen and oxygen atoms in total. The molecule has 0 spiro atoms. The molecular formula is C12H3Br4ClO2. The molecule has 0 amide bonds. The number of hydrogen-bond acceptors (Lipinski definition) is 2. The van der Waals surface area contributed by atoms with Crippen LogP contribution in [0.3, 0.4) is 0 Å². The summed E-state index contributed by atoms with van der Waals surface area (Å²) in [5.74, 6) is 2.44. The molecule has 0 saturated heterocycles. The predicted octanol–water partition coefficient (Wildman–Crippen LogP) is 7.29. The number of halogens is 5. The smallest absolute Gasteiger partial charge is 0.185 e. The minimum atomic E-state index is 0.568. The SMILES string of the molecule is Clc1cc2c(cc1Br)Oc1cc(Br)c(Br)c(Br)c1O2. The van der Waals surface area contributed by atoms with E-state index in [4.69, 9.17) is 21.1 Å². The van der Waals surface area contributed by atoms with Crippen molar-refractivity contribution in [3.63, 3.8) is 0 Å². The fourth-order valence-corrected chi connectivity index (χ4v) is 3.56. The summed E-state index contributed by atoms with van der Waals surface area (Å²) in [7, 11) is 0. The standard InChI is InChI=1S/C12H3Br4ClO2/c13-4-1-7-8(3-6(4)17)19-12-9(18-7)2-5(14)10(15)11(12)16/h1-3H. The Morgan fingerprint density at radius 1 is 0.737 bits per heavy atom. The van der Waals surface area contributed by atoms with E-state index >= 15 is 0 Å². The molecule has 1 aliphatic rings. The lowest BCUT2D eigenvalue weighted by molar-refractivity contribution is 0.357. The van der Waals surface area contributed by atoms with Crippen molar-refractivity contribution in [3.8, 4) is 23.0 Å². The van der Waals surface area contributed by atoms with Gasteiger partial charge in [-0.15, -0.1) is 0 Å². The lowest BCUT2D eigenvalue weighted by Gasteiger charge is -2.23. The van der Waals surface area contributed by atoms with Gasteiger partial charge in [-0.05, 0) is 63.7 Å².